The molecule has 0 bridgehead atoms. The predicted octanol–water partition coefficient (Wildman–Crippen LogP) is 5.44. The Morgan fingerprint density at radius 3 is 1.70 bits per heavy atom. The number of hydrogen-bond donors (Lipinski definition) is 1. The Hall–Kier alpha value is -0.0800. The van der Waals surface area contributed by atoms with E-state index < -0.39 is 0 Å². The first-order chi connectivity index (χ1) is 9.54. The second-order valence-electron chi connectivity index (χ2n) is 6.61. The lowest BCUT2D eigenvalue weighted by Gasteiger charge is -2.31. The molecular formula is C18H39NO. The Kier molecular flexibility index (Phi) is 12.6. The number of ether oxygens (including phenoxy) is 1. The summed E-state index contributed by atoms with van der Waals surface area (Å²) in [6.45, 7) is 9.28. The van der Waals surface area contributed by atoms with Gasteiger partial charge in [0.2, 0.25) is 0 Å². The normalized spacial score (nSPS) is 13.7. The van der Waals surface area contributed by atoms with Gasteiger partial charge in [-0.1, -0.05) is 71.1 Å². The lowest BCUT2D eigenvalue weighted by Crippen LogP contribution is -2.45. The highest BCUT2D eigenvalue weighted by molar-refractivity contribution is 4.82. The summed E-state index contributed by atoms with van der Waals surface area (Å²) in [6.07, 6.45) is 14.9. The Morgan fingerprint density at radius 2 is 1.25 bits per heavy atom. The lowest BCUT2D eigenvalue weighted by atomic mass is 9.93. The van der Waals surface area contributed by atoms with Crippen molar-refractivity contribution in [1.29, 1.82) is 0 Å². The molecule has 0 fully saturated rings. The summed E-state index contributed by atoms with van der Waals surface area (Å²) >= 11 is 0. The van der Waals surface area contributed by atoms with Gasteiger partial charge in [0.15, 0.2) is 0 Å². The van der Waals surface area contributed by atoms with Crippen LogP contribution in [-0.2, 0) is 4.74 Å². The van der Waals surface area contributed by atoms with Gasteiger partial charge in [-0.2, -0.15) is 0 Å². The number of nitrogens with two attached hydrogens (primary N) is 1. The Labute approximate surface area is 127 Å². The molecule has 1 unspecified atom stereocenters. The molecule has 0 saturated carbocycles. The standard InChI is InChI=1S/C18H39NO/c1-5-7-8-9-10-11-12-13-14-15-16-17(19)18(3,4)20-6-2/h17H,5-16,19H2,1-4H3. The highest BCUT2D eigenvalue weighted by Gasteiger charge is 2.25. The van der Waals surface area contributed by atoms with Gasteiger partial charge < -0.3 is 10.5 Å². The second kappa shape index (κ2) is 12.6. The Morgan fingerprint density at radius 1 is 0.800 bits per heavy atom. The van der Waals surface area contributed by atoms with E-state index in [4.69, 9.17) is 10.5 Å². The fraction of sp³-hybridized carbons (Fsp3) is 1.00. The SMILES string of the molecule is CCCCCCCCCCCCC(N)C(C)(C)OCC. The van der Waals surface area contributed by atoms with E-state index in [0.29, 0.717) is 0 Å². The number of hydrogen-bond acceptors (Lipinski definition) is 2. The summed E-state index contributed by atoms with van der Waals surface area (Å²) in [6, 6.07) is 0.163. The van der Waals surface area contributed by atoms with Crippen molar-refractivity contribution in [2.24, 2.45) is 5.73 Å². The highest BCUT2D eigenvalue weighted by atomic mass is 16.5. The van der Waals surface area contributed by atoms with Crippen molar-refractivity contribution in [2.45, 2.75) is 110 Å². The number of unbranched alkanes of at least 4 members (excludes halogenated alkanes) is 9. The zero-order valence-electron chi connectivity index (χ0n) is 14.5. The zero-order chi connectivity index (χ0) is 15.3. The summed E-state index contributed by atoms with van der Waals surface area (Å²) in [5.74, 6) is 0. The maximum atomic E-state index is 6.22. The van der Waals surface area contributed by atoms with Crippen molar-refractivity contribution in [3.8, 4) is 0 Å². The molecule has 0 aliphatic heterocycles. The minimum Gasteiger partial charge on any atom is -0.374 e. The monoisotopic (exact) mass is 285 g/mol. The average molecular weight is 286 g/mol. The van der Waals surface area contributed by atoms with Crippen LogP contribution in [0.4, 0.5) is 0 Å². The zero-order valence-corrected chi connectivity index (χ0v) is 14.5. The van der Waals surface area contributed by atoms with E-state index in [9.17, 15) is 0 Å². The van der Waals surface area contributed by atoms with Crippen LogP contribution in [0, 0.1) is 0 Å². The molecular weight excluding hydrogens is 246 g/mol. The van der Waals surface area contributed by atoms with Gasteiger partial charge in [0, 0.05) is 12.6 Å². The van der Waals surface area contributed by atoms with Gasteiger partial charge in [-0.3, -0.25) is 0 Å². The molecule has 2 heteroatoms. The molecule has 122 valence electrons. The number of rotatable bonds is 14. The summed E-state index contributed by atoms with van der Waals surface area (Å²) in [4.78, 5) is 0. The van der Waals surface area contributed by atoms with Crippen LogP contribution in [0.1, 0.15) is 98.3 Å². The van der Waals surface area contributed by atoms with Gasteiger partial charge in [-0.25, -0.2) is 0 Å². The van der Waals surface area contributed by atoms with Crippen molar-refractivity contribution < 1.29 is 4.74 Å². The summed E-state index contributed by atoms with van der Waals surface area (Å²) in [5.41, 5.74) is 6.05. The topological polar surface area (TPSA) is 35.2 Å². The maximum Gasteiger partial charge on any atom is 0.0776 e. The minimum atomic E-state index is -0.173. The van der Waals surface area contributed by atoms with Crippen molar-refractivity contribution >= 4 is 0 Å². The van der Waals surface area contributed by atoms with Gasteiger partial charge >= 0.3 is 0 Å². The third kappa shape index (κ3) is 10.7. The minimum absolute atomic E-state index is 0.163. The van der Waals surface area contributed by atoms with Crippen LogP contribution < -0.4 is 5.73 Å². The van der Waals surface area contributed by atoms with Gasteiger partial charge in [0.25, 0.3) is 0 Å². The molecule has 2 N–H and O–H groups in total. The summed E-state index contributed by atoms with van der Waals surface area (Å²) in [5, 5.41) is 0. The molecule has 1 atom stereocenters. The van der Waals surface area contributed by atoms with E-state index in [0.717, 1.165) is 13.0 Å². The molecule has 0 aliphatic carbocycles. The first-order valence-electron chi connectivity index (χ1n) is 8.94. The third-order valence-corrected chi connectivity index (χ3v) is 4.28. The molecule has 0 rings (SSSR count). The summed E-state index contributed by atoms with van der Waals surface area (Å²) < 4.78 is 5.71. The third-order valence-electron chi connectivity index (χ3n) is 4.28. The van der Waals surface area contributed by atoms with Crippen LogP contribution >= 0.6 is 0 Å². The van der Waals surface area contributed by atoms with Crippen LogP contribution in [0.3, 0.4) is 0 Å². The van der Waals surface area contributed by atoms with Crippen LogP contribution in [0.15, 0.2) is 0 Å². The fourth-order valence-corrected chi connectivity index (χ4v) is 2.68. The quantitative estimate of drug-likeness (QED) is 0.431. The van der Waals surface area contributed by atoms with E-state index in [1.807, 2.05) is 6.92 Å². The van der Waals surface area contributed by atoms with E-state index in [2.05, 4.69) is 20.8 Å². The van der Waals surface area contributed by atoms with Crippen molar-refractivity contribution in [1.82, 2.24) is 0 Å². The van der Waals surface area contributed by atoms with Crippen LogP contribution in [-0.4, -0.2) is 18.2 Å². The van der Waals surface area contributed by atoms with E-state index in [1.54, 1.807) is 0 Å². The molecule has 0 spiro atoms. The highest BCUT2D eigenvalue weighted by Crippen LogP contribution is 2.19. The average Bonchev–Trinajstić information content (AvgIpc) is 2.40. The van der Waals surface area contributed by atoms with Gasteiger partial charge in [0.1, 0.15) is 0 Å². The second-order valence-corrected chi connectivity index (χ2v) is 6.61. The largest absolute Gasteiger partial charge is 0.374 e. The molecule has 0 amide bonds. The van der Waals surface area contributed by atoms with Crippen LogP contribution in [0.5, 0.6) is 0 Å². The smallest absolute Gasteiger partial charge is 0.0776 e. The first-order valence-corrected chi connectivity index (χ1v) is 8.94. The molecule has 2 nitrogen and oxygen atoms in total. The predicted molar refractivity (Wildman–Crippen MR) is 90.1 cm³/mol. The van der Waals surface area contributed by atoms with Crippen molar-refractivity contribution in [3.05, 3.63) is 0 Å². The van der Waals surface area contributed by atoms with E-state index >= 15 is 0 Å². The lowest BCUT2D eigenvalue weighted by molar-refractivity contribution is -0.0311. The molecule has 0 heterocycles. The van der Waals surface area contributed by atoms with Crippen LogP contribution in [0.2, 0.25) is 0 Å². The van der Waals surface area contributed by atoms with Crippen molar-refractivity contribution in [3.63, 3.8) is 0 Å². The van der Waals surface area contributed by atoms with E-state index in [1.165, 1.54) is 64.2 Å². The van der Waals surface area contributed by atoms with Crippen LogP contribution in [0.25, 0.3) is 0 Å². The molecule has 0 aromatic carbocycles. The van der Waals surface area contributed by atoms with Crippen molar-refractivity contribution in [2.75, 3.05) is 6.61 Å². The van der Waals surface area contributed by atoms with Gasteiger partial charge in [0.05, 0.1) is 5.60 Å². The molecule has 0 aromatic rings. The summed E-state index contributed by atoms with van der Waals surface area (Å²) in [7, 11) is 0. The molecule has 20 heavy (non-hydrogen) atoms. The Balaban J connectivity index is 3.35. The Bertz CT molecular complexity index is 204. The maximum absolute atomic E-state index is 6.22. The molecule has 0 radical (unpaired) electrons. The van der Waals surface area contributed by atoms with Gasteiger partial charge in [-0.05, 0) is 27.2 Å². The molecule has 0 aliphatic rings. The van der Waals surface area contributed by atoms with Gasteiger partial charge in [-0.15, -0.1) is 0 Å². The molecule has 0 aromatic heterocycles. The first kappa shape index (κ1) is 19.9. The van der Waals surface area contributed by atoms with E-state index in [-0.39, 0.29) is 11.6 Å². The fourth-order valence-electron chi connectivity index (χ4n) is 2.68. The molecule has 0 saturated heterocycles.